The van der Waals surface area contributed by atoms with Gasteiger partial charge < -0.3 is 14.4 Å². The van der Waals surface area contributed by atoms with Crippen molar-refractivity contribution in [3.8, 4) is 17.4 Å². The molecule has 0 atom stereocenters. The van der Waals surface area contributed by atoms with Crippen LogP contribution in [0.3, 0.4) is 0 Å². The molecule has 31 heavy (non-hydrogen) atoms. The van der Waals surface area contributed by atoms with E-state index < -0.39 is 0 Å². The summed E-state index contributed by atoms with van der Waals surface area (Å²) in [7, 11) is 0. The number of aromatic nitrogens is 1. The van der Waals surface area contributed by atoms with Crippen molar-refractivity contribution in [3.05, 3.63) is 83.8 Å². The van der Waals surface area contributed by atoms with Gasteiger partial charge in [0, 0.05) is 18.3 Å². The number of carbonyl (C=O) groups is 1. The van der Waals surface area contributed by atoms with Crippen LogP contribution in [0.2, 0.25) is 0 Å². The second kappa shape index (κ2) is 10.1. The quantitative estimate of drug-likeness (QED) is 0.576. The molecule has 1 aromatic heterocycles. The number of hydrogen-bond acceptors (Lipinski definition) is 4. The van der Waals surface area contributed by atoms with Crippen molar-refractivity contribution >= 4 is 5.91 Å². The highest BCUT2D eigenvalue weighted by Crippen LogP contribution is 2.32. The molecule has 0 unspecified atom stereocenters. The first-order valence-corrected chi connectivity index (χ1v) is 10.6. The Morgan fingerprint density at radius 1 is 0.968 bits per heavy atom. The summed E-state index contributed by atoms with van der Waals surface area (Å²) < 4.78 is 26.1. The van der Waals surface area contributed by atoms with E-state index in [4.69, 9.17) is 9.47 Å². The van der Waals surface area contributed by atoms with Gasteiger partial charge in [-0.2, -0.15) is 0 Å². The van der Waals surface area contributed by atoms with Gasteiger partial charge in [-0.3, -0.25) is 4.79 Å². The van der Waals surface area contributed by atoms with Crippen molar-refractivity contribution in [3.63, 3.8) is 0 Å². The van der Waals surface area contributed by atoms with Crippen LogP contribution in [0.5, 0.6) is 17.4 Å². The van der Waals surface area contributed by atoms with Gasteiger partial charge >= 0.3 is 0 Å². The number of carbonyl (C=O) groups excluding carboxylic acids is 1. The number of hydrogen-bond donors (Lipinski definition) is 0. The van der Waals surface area contributed by atoms with E-state index in [1.54, 1.807) is 29.3 Å². The maximum Gasteiger partial charge on any atom is 0.227 e. The van der Waals surface area contributed by atoms with E-state index in [-0.39, 0.29) is 18.1 Å². The van der Waals surface area contributed by atoms with Gasteiger partial charge in [-0.15, -0.1) is 0 Å². The second-order valence-corrected chi connectivity index (χ2v) is 7.51. The summed E-state index contributed by atoms with van der Waals surface area (Å²) in [5.74, 6) is 1.21. The standard InChI is InChI=1S/C25H25FN2O3/c26-21-11-3-2-9-19(21)17-24(29)28-15-6-1-7-16-30-22-12-4-5-13-23(22)31-25-20(18-28)10-8-14-27-25/h2-5,8-14H,1,6-7,15-18H2. The Bertz CT molecular complexity index is 1040. The maximum atomic E-state index is 14.1. The number of rotatable bonds is 2. The van der Waals surface area contributed by atoms with E-state index in [2.05, 4.69) is 4.98 Å². The molecular formula is C25H25FN2O3. The number of fused-ring (bicyclic) bond motifs is 2. The van der Waals surface area contributed by atoms with Crippen LogP contribution in [0.1, 0.15) is 30.4 Å². The van der Waals surface area contributed by atoms with Crippen LogP contribution < -0.4 is 9.47 Å². The zero-order chi connectivity index (χ0) is 21.5. The van der Waals surface area contributed by atoms with Gasteiger partial charge in [0.25, 0.3) is 0 Å². The minimum Gasteiger partial charge on any atom is -0.490 e. The number of nitrogens with zero attached hydrogens (tertiary/aromatic N) is 2. The number of pyridine rings is 1. The summed E-state index contributed by atoms with van der Waals surface area (Å²) in [6.45, 7) is 1.49. The van der Waals surface area contributed by atoms with Crippen molar-refractivity contribution in [1.29, 1.82) is 0 Å². The normalized spacial score (nSPS) is 14.5. The smallest absolute Gasteiger partial charge is 0.227 e. The van der Waals surface area contributed by atoms with E-state index in [0.29, 0.717) is 42.6 Å². The van der Waals surface area contributed by atoms with Crippen molar-refractivity contribution in [2.24, 2.45) is 0 Å². The van der Waals surface area contributed by atoms with E-state index in [9.17, 15) is 9.18 Å². The highest BCUT2D eigenvalue weighted by atomic mass is 19.1. The Kier molecular flexibility index (Phi) is 6.77. The number of para-hydroxylation sites is 2. The Labute approximate surface area is 181 Å². The molecule has 4 rings (SSSR count). The first-order chi connectivity index (χ1) is 15.2. The second-order valence-electron chi connectivity index (χ2n) is 7.51. The third-order valence-corrected chi connectivity index (χ3v) is 5.25. The zero-order valence-electron chi connectivity index (χ0n) is 17.3. The van der Waals surface area contributed by atoms with E-state index in [1.165, 1.54) is 6.07 Å². The molecule has 0 radical (unpaired) electrons. The van der Waals surface area contributed by atoms with Crippen molar-refractivity contribution in [2.75, 3.05) is 13.2 Å². The summed E-state index contributed by atoms with van der Waals surface area (Å²) in [5, 5.41) is 0. The lowest BCUT2D eigenvalue weighted by atomic mass is 10.1. The van der Waals surface area contributed by atoms with Crippen LogP contribution in [0.4, 0.5) is 4.39 Å². The Hall–Kier alpha value is -3.41. The molecule has 2 aromatic carbocycles. The Morgan fingerprint density at radius 3 is 2.65 bits per heavy atom. The van der Waals surface area contributed by atoms with Gasteiger partial charge in [0.1, 0.15) is 5.82 Å². The molecule has 1 aliphatic heterocycles. The summed E-state index contributed by atoms with van der Waals surface area (Å²) in [5.41, 5.74) is 1.19. The first kappa shape index (κ1) is 20.8. The van der Waals surface area contributed by atoms with Crippen molar-refractivity contribution < 1.29 is 18.7 Å². The Morgan fingerprint density at radius 2 is 1.77 bits per heavy atom. The monoisotopic (exact) mass is 420 g/mol. The summed E-state index contributed by atoms with van der Waals surface area (Å²) in [6.07, 6.45) is 4.31. The fourth-order valence-electron chi connectivity index (χ4n) is 3.57. The van der Waals surface area contributed by atoms with Gasteiger partial charge in [-0.05, 0) is 49.1 Å². The first-order valence-electron chi connectivity index (χ1n) is 10.6. The number of ether oxygens (including phenoxy) is 2. The zero-order valence-corrected chi connectivity index (χ0v) is 17.3. The highest BCUT2D eigenvalue weighted by molar-refractivity contribution is 5.79. The molecule has 1 aliphatic rings. The molecule has 0 N–H and O–H groups in total. The number of halogens is 1. The van der Waals surface area contributed by atoms with Crippen LogP contribution in [-0.2, 0) is 17.8 Å². The fraction of sp³-hybridized carbons (Fsp3) is 0.280. The molecule has 2 heterocycles. The van der Waals surface area contributed by atoms with E-state index in [0.717, 1.165) is 24.8 Å². The van der Waals surface area contributed by atoms with Gasteiger partial charge in [0.2, 0.25) is 11.8 Å². The van der Waals surface area contributed by atoms with Crippen molar-refractivity contribution in [1.82, 2.24) is 9.88 Å². The molecule has 0 spiro atoms. The third-order valence-electron chi connectivity index (χ3n) is 5.25. The average molecular weight is 420 g/mol. The van der Waals surface area contributed by atoms with Crippen LogP contribution in [-0.4, -0.2) is 28.9 Å². The molecule has 3 aromatic rings. The molecule has 5 nitrogen and oxygen atoms in total. The molecule has 0 fully saturated rings. The molecular weight excluding hydrogens is 395 g/mol. The van der Waals surface area contributed by atoms with Gasteiger partial charge in [-0.25, -0.2) is 9.37 Å². The number of benzene rings is 2. The molecule has 0 saturated heterocycles. The van der Waals surface area contributed by atoms with Gasteiger partial charge in [0.15, 0.2) is 11.5 Å². The lowest BCUT2D eigenvalue weighted by Crippen LogP contribution is -2.33. The largest absolute Gasteiger partial charge is 0.490 e. The highest BCUT2D eigenvalue weighted by Gasteiger charge is 2.19. The summed E-state index contributed by atoms with van der Waals surface area (Å²) in [6, 6.07) is 17.6. The summed E-state index contributed by atoms with van der Waals surface area (Å²) in [4.78, 5) is 19.2. The average Bonchev–Trinajstić information content (AvgIpc) is 2.80. The topological polar surface area (TPSA) is 51.7 Å². The van der Waals surface area contributed by atoms with Crippen LogP contribution in [0.25, 0.3) is 0 Å². The number of amides is 1. The molecule has 160 valence electrons. The van der Waals surface area contributed by atoms with Crippen LogP contribution >= 0.6 is 0 Å². The molecule has 1 amide bonds. The predicted molar refractivity (Wildman–Crippen MR) is 116 cm³/mol. The minimum atomic E-state index is -0.360. The molecule has 0 bridgehead atoms. The maximum absolute atomic E-state index is 14.1. The van der Waals surface area contributed by atoms with E-state index >= 15 is 0 Å². The van der Waals surface area contributed by atoms with Gasteiger partial charge in [-0.1, -0.05) is 36.4 Å². The van der Waals surface area contributed by atoms with Crippen molar-refractivity contribution in [2.45, 2.75) is 32.2 Å². The third kappa shape index (κ3) is 5.40. The predicted octanol–water partition coefficient (Wildman–Crippen LogP) is 5.15. The van der Waals surface area contributed by atoms with Crippen LogP contribution in [0.15, 0.2) is 66.9 Å². The lowest BCUT2D eigenvalue weighted by Gasteiger charge is -2.24. The lowest BCUT2D eigenvalue weighted by molar-refractivity contribution is -0.131. The molecule has 0 saturated carbocycles. The SMILES string of the molecule is O=C(Cc1ccccc1F)N1CCCCCOc2ccccc2Oc2ncccc2C1. The molecule has 6 heteroatoms. The van der Waals surface area contributed by atoms with Gasteiger partial charge in [0.05, 0.1) is 19.6 Å². The minimum absolute atomic E-state index is 0.0229. The van der Waals surface area contributed by atoms with Crippen LogP contribution in [0, 0.1) is 5.82 Å². The summed E-state index contributed by atoms with van der Waals surface area (Å²) >= 11 is 0. The van der Waals surface area contributed by atoms with E-state index in [1.807, 2.05) is 36.4 Å². The fourth-order valence-corrected chi connectivity index (χ4v) is 3.57. The Balaban J connectivity index is 1.60. The molecule has 0 aliphatic carbocycles.